The molecular formula is C30H37ClN4O4. The normalized spacial score (nSPS) is 20.2. The number of hydrazone groups is 1. The average molecular weight is 553 g/mol. The predicted octanol–water partition coefficient (Wildman–Crippen LogP) is 4.38. The highest BCUT2D eigenvalue weighted by atomic mass is 35.5. The molecule has 8 nitrogen and oxygen atoms in total. The Kier molecular flexibility index (Phi) is 9.17. The van der Waals surface area contributed by atoms with Crippen LogP contribution in [-0.2, 0) is 14.3 Å². The number of methoxy groups -OCH3 is 1. The van der Waals surface area contributed by atoms with E-state index in [0.717, 1.165) is 67.9 Å². The Morgan fingerprint density at radius 2 is 1.87 bits per heavy atom. The zero-order valence-electron chi connectivity index (χ0n) is 22.6. The van der Waals surface area contributed by atoms with Gasteiger partial charge in [-0.05, 0) is 36.6 Å². The average Bonchev–Trinajstić information content (AvgIpc) is 3.67. The third-order valence-electron chi connectivity index (χ3n) is 7.97. The minimum atomic E-state index is -0.352. The lowest BCUT2D eigenvalue weighted by Crippen LogP contribution is -2.48. The van der Waals surface area contributed by atoms with Gasteiger partial charge in [0.2, 0.25) is 5.91 Å². The van der Waals surface area contributed by atoms with E-state index in [1.165, 1.54) is 0 Å². The quantitative estimate of drug-likeness (QED) is 0.461. The Morgan fingerprint density at radius 3 is 2.62 bits per heavy atom. The third kappa shape index (κ3) is 6.62. The van der Waals surface area contributed by atoms with Crippen molar-refractivity contribution in [3.63, 3.8) is 0 Å². The molecule has 3 aliphatic rings. The Labute approximate surface area is 235 Å². The molecule has 2 heterocycles. The van der Waals surface area contributed by atoms with Gasteiger partial charge in [-0.25, -0.2) is 5.01 Å². The molecule has 1 saturated heterocycles. The third-order valence-corrected chi connectivity index (χ3v) is 8.31. The number of carbonyl (C=O) groups is 2. The summed E-state index contributed by atoms with van der Waals surface area (Å²) in [6, 6.07) is 14.9. The maximum Gasteiger partial charge on any atom is 0.262 e. The van der Waals surface area contributed by atoms with E-state index in [-0.39, 0.29) is 30.3 Å². The predicted molar refractivity (Wildman–Crippen MR) is 151 cm³/mol. The van der Waals surface area contributed by atoms with Crippen molar-refractivity contribution in [2.24, 2.45) is 11.0 Å². The monoisotopic (exact) mass is 552 g/mol. The first-order valence-electron chi connectivity index (χ1n) is 13.9. The van der Waals surface area contributed by atoms with E-state index in [4.69, 9.17) is 26.2 Å². The summed E-state index contributed by atoms with van der Waals surface area (Å²) < 4.78 is 10.9. The first-order valence-corrected chi connectivity index (χ1v) is 14.3. The van der Waals surface area contributed by atoms with Crippen LogP contribution in [0.2, 0.25) is 5.02 Å². The van der Waals surface area contributed by atoms with Gasteiger partial charge in [0, 0.05) is 49.1 Å². The second-order valence-corrected chi connectivity index (χ2v) is 10.9. The Hall–Kier alpha value is -2.94. The summed E-state index contributed by atoms with van der Waals surface area (Å²) in [5, 5.41) is 6.95. The van der Waals surface area contributed by atoms with Crippen molar-refractivity contribution in [2.75, 3.05) is 53.0 Å². The summed E-state index contributed by atoms with van der Waals surface area (Å²) in [4.78, 5) is 31.6. The highest BCUT2D eigenvalue weighted by Gasteiger charge is 2.36. The van der Waals surface area contributed by atoms with E-state index in [0.29, 0.717) is 31.2 Å². The molecule has 2 aromatic rings. The number of halogens is 1. The Bertz CT molecular complexity index is 1190. The first-order chi connectivity index (χ1) is 19.0. The molecular weight excluding hydrogens is 516 g/mol. The Balaban J connectivity index is 1.39. The van der Waals surface area contributed by atoms with E-state index >= 15 is 0 Å². The number of nitrogens with zero attached hydrogens (tertiary/aromatic N) is 4. The van der Waals surface area contributed by atoms with Crippen LogP contribution in [0.4, 0.5) is 0 Å². The van der Waals surface area contributed by atoms with Crippen LogP contribution in [0, 0.1) is 5.92 Å². The van der Waals surface area contributed by atoms with Crippen LogP contribution >= 0.6 is 11.6 Å². The second-order valence-electron chi connectivity index (χ2n) is 10.5. The van der Waals surface area contributed by atoms with Crippen molar-refractivity contribution < 1.29 is 19.1 Å². The molecule has 1 saturated carbocycles. The van der Waals surface area contributed by atoms with Gasteiger partial charge in [-0.1, -0.05) is 54.8 Å². The lowest BCUT2D eigenvalue weighted by molar-refractivity contribution is -0.144. The van der Waals surface area contributed by atoms with E-state index in [2.05, 4.69) is 4.90 Å². The van der Waals surface area contributed by atoms with Gasteiger partial charge in [-0.15, -0.1) is 0 Å². The number of ether oxygens (including phenoxy) is 2. The molecule has 1 aliphatic carbocycles. The van der Waals surface area contributed by atoms with Gasteiger partial charge < -0.3 is 14.4 Å². The van der Waals surface area contributed by atoms with Crippen LogP contribution in [0.25, 0.3) is 0 Å². The summed E-state index contributed by atoms with van der Waals surface area (Å²) in [5.41, 5.74) is 2.53. The largest absolute Gasteiger partial charge is 0.497 e. The van der Waals surface area contributed by atoms with Gasteiger partial charge in [0.25, 0.3) is 5.91 Å². The molecule has 2 fully saturated rings. The van der Waals surface area contributed by atoms with E-state index < -0.39 is 0 Å². The van der Waals surface area contributed by atoms with Gasteiger partial charge in [0.1, 0.15) is 12.3 Å². The molecule has 0 aromatic heterocycles. The van der Waals surface area contributed by atoms with Crippen LogP contribution in [0.1, 0.15) is 49.3 Å². The summed E-state index contributed by atoms with van der Waals surface area (Å²) in [6.07, 6.45) is 4.44. The fourth-order valence-electron chi connectivity index (χ4n) is 5.73. The zero-order chi connectivity index (χ0) is 27.2. The molecule has 208 valence electrons. The highest BCUT2D eigenvalue weighted by Crippen LogP contribution is 2.37. The Morgan fingerprint density at radius 1 is 1.10 bits per heavy atom. The fraction of sp³-hybridized carbons (Fsp3) is 0.500. The minimum Gasteiger partial charge on any atom is -0.497 e. The molecule has 2 aromatic carbocycles. The summed E-state index contributed by atoms with van der Waals surface area (Å²) >= 11 is 6.60. The van der Waals surface area contributed by atoms with Crippen molar-refractivity contribution in [3.8, 4) is 5.75 Å². The molecule has 0 bridgehead atoms. The standard InChI is InChI=1S/C30H37ClN4O4/c1-38-24-10-6-9-23(19-24)27-20-28(25-11-4-5-12-26(25)31)35(32-27)29(36)21-34(30(37)22-7-2-3-8-22)14-13-33-15-17-39-18-16-33/h4-6,9-12,19,22,28H,2-3,7-8,13-18,20-21H2,1H3/t28-/m0/s1. The summed E-state index contributed by atoms with van der Waals surface area (Å²) in [5.74, 6) is 0.604. The molecule has 2 amide bonds. The van der Waals surface area contributed by atoms with Crippen LogP contribution in [0.3, 0.4) is 0 Å². The number of rotatable bonds is 9. The maximum absolute atomic E-state index is 13.9. The zero-order valence-corrected chi connectivity index (χ0v) is 23.3. The fourth-order valence-corrected chi connectivity index (χ4v) is 5.99. The number of carbonyl (C=O) groups excluding carboxylic acids is 2. The number of morpholine rings is 1. The second kappa shape index (κ2) is 12.9. The molecule has 0 unspecified atom stereocenters. The molecule has 0 N–H and O–H groups in total. The first kappa shape index (κ1) is 27.6. The molecule has 5 rings (SSSR count). The van der Waals surface area contributed by atoms with E-state index in [9.17, 15) is 9.59 Å². The molecule has 0 radical (unpaired) electrons. The summed E-state index contributed by atoms with van der Waals surface area (Å²) in [7, 11) is 1.63. The van der Waals surface area contributed by atoms with Crippen molar-refractivity contribution in [1.29, 1.82) is 0 Å². The van der Waals surface area contributed by atoms with Crippen LogP contribution in [0.5, 0.6) is 5.75 Å². The van der Waals surface area contributed by atoms with Gasteiger partial charge in [0.05, 0.1) is 32.1 Å². The smallest absolute Gasteiger partial charge is 0.262 e. The number of amides is 2. The number of benzene rings is 2. The van der Waals surface area contributed by atoms with Crippen LogP contribution < -0.4 is 4.74 Å². The molecule has 2 aliphatic heterocycles. The molecule has 39 heavy (non-hydrogen) atoms. The highest BCUT2D eigenvalue weighted by molar-refractivity contribution is 6.31. The lowest BCUT2D eigenvalue weighted by atomic mass is 9.98. The van der Waals surface area contributed by atoms with Gasteiger partial charge in [-0.2, -0.15) is 5.10 Å². The van der Waals surface area contributed by atoms with Crippen molar-refractivity contribution in [3.05, 3.63) is 64.7 Å². The molecule has 1 atom stereocenters. The lowest BCUT2D eigenvalue weighted by Gasteiger charge is -2.32. The van der Waals surface area contributed by atoms with Crippen LogP contribution in [0.15, 0.2) is 53.6 Å². The van der Waals surface area contributed by atoms with Crippen molar-refractivity contribution in [2.45, 2.75) is 38.1 Å². The molecule has 0 spiro atoms. The number of hydrogen-bond donors (Lipinski definition) is 0. The SMILES string of the molecule is COc1cccc(C2=NN(C(=O)CN(CCN3CCOCC3)C(=O)C3CCCC3)[C@H](c3ccccc3Cl)C2)c1. The van der Waals surface area contributed by atoms with Crippen molar-refractivity contribution in [1.82, 2.24) is 14.8 Å². The van der Waals surface area contributed by atoms with E-state index in [1.54, 1.807) is 17.0 Å². The molecule has 9 heteroatoms. The van der Waals surface area contributed by atoms with Gasteiger partial charge >= 0.3 is 0 Å². The number of hydrogen-bond acceptors (Lipinski definition) is 6. The van der Waals surface area contributed by atoms with E-state index in [1.807, 2.05) is 48.5 Å². The van der Waals surface area contributed by atoms with Gasteiger partial charge in [-0.3, -0.25) is 14.5 Å². The minimum absolute atomic E-state index is 0.00345. The topological polar surface area (TPSA) is 74.7 Å². The van der Waals surface area contributed by atoms with Crippen LogP contribution in [-0.4, -0.2) is 85.4 Å². The van der Waals surface area contributed by atoms with Gasteiger partial charge in [0.15, 0.2) is 0 Å². The van der Waals surface area contributed by atoms with Crippen molar-refractivity contribution >= 4 is 29.1 Å². The maximum atomic E-state index is 13.9. The summed E-state index contributed by atoms with van der Waals surface area (Å²) in [6.45, 7) is 4.31.